The van der Waals surface area contributed by atoms with Crippen molar-refractivity contribution in [3.63, 3.8) is 0 Å². The summed E-state index contributed by atoms with van der Waals surface area (Å²) in [4.78, 5) is 12.4. The molecule has 0 saturated heterocycles. The van der Waals surface area contributed by atoms with E-state index in [0.717, 1.165) is 25.3 Å². The fourth-order valence-electron chi connectivity index (χ4n) is 4.11. The Hall–Kier alpha value is -0.570. The summed E-state index contributed by atoms with van der Waals surface area (Å²) in [5, 5.41) is 3.22. The highest BCUT2D eigenvalue weighted by atomic mass is 16.1. The van der Waals surface area contributed by atoms with Gasteiger partial charge in [-0.1, -0.05) is 40.0 Å². The lowest BCUT2D eigenvalue weighted by Gasteiger charge is -2.36. The maximum Gasteiger partial charge on any atom is 0.223 e. The SMILES string of the molecule is CC1CC(C)C(C(=O)NCC2CCCCC2C)CC1N. The monoisotopic (exact) mass is 280 g/mol. The highest BCUT2D eigenvalue weighted by Gasteiger charge is 2.35. The fraction of sp³-hybridized carbons (Fsp3) is 0.941. The van der Waals surface area contributed by atoms with E-state index in [0.29, 0.717) is 17.8 Å². The summed E-state index contributed by atoms with van der Waals surface area (Å²) in [6.07, 6.45) is 7.22. The molecule has 0 spiro atoms. The molecule has 0 radical (unpaired) electrons. The average molecular weight is 280 g/mol. The summed E-state index contributed by atoms with van der Waals surface area (Å²) in [6.45, 7) is 7.61. The van der Waals surface area contributed by atoms with E-state index >= 15 is 0 Å². The second-order valence-corrected chi connectivity index (χ2v) is 7.46. The second-order valence-electron chi connectivity index (χ2n) is 7.46. The Bertz CT molecular complexity index is 331. The summed E-state index contributed by atoms with van der Waals surface area (Å²) in [7, 11) is 0. The van der Waals surface area contributed by atoms with Crippen LogP contribution in [0.5, 0.6) is 0 Å². The molecule has 3 N–H and O–H groups in total. The smallest absolute Gasteiger partial charge is 0.223 e. The minimum atomic E-state index is 0.125. The van der Waals surface area contributed by atoms with Crippen molar-refractivity contribution in [2.45, 2.75) is 65.3 Å². The Morgan fingerprint density at radius 1 is 1.05 bits per heavy atom. The zero-order chi connectivity index (χ0) is 14.7. The van der Waals surface area contributed by atoms with E-state index in [-0.39, 0.29) is 17.9 Å². The lowest BCUT2D eigenvalue weighted by molar-refractivity contribution is -0.128. The Kier molecular flexibility index (Phi) is 5.48. The van der Waals surface area contributed by atoms with Crippen LogP contribution in [0.1, 0.15) is 59.3 Å². The summed E-state index contributed by atoms with van der Waals surface area (Å²) in [6, 6.07) is 0.190. The molecule has 6 atom stereocenters. The van der Waals surface area contributed by atoms with Gasteiger partial charge in [-0.15, -0.1) is 0 Å². The van der Waals surface area contributed by atoms with Gasteiger partial charge < -0.3 is 11.1 Å². The molecular weight excluding hydrogens is 248 g/mol. The van der Waals surface area contributed by atoms with Crippen LogP contribution in [0.2, 0.25) is 0 Å². The van der Waals surface area contributed by atoms with Gasteiger partial charge in [0.05, 0.1) is 0 Å². The van der Waals surface area contributed by atoms with Crippen LogP contribution in [0.4, 0.5) is 0 Å². The lowest BCUT2D eigenvalue weighted by atomic mass is 9.72. The van der Waals surface area contributed by atoms with Crippen molar-refractivity contribution in [3.8, 4) is 0 Å². The molecule has 0 aromatic rings. The predicted molar refractivity (Wildman–Crippen MR) is 83.2 cm³/mol. The standard InChI is InChI=1S/C17H32N2O/c1-11-6-4-5-7-14(11)10-19-17(20)15-9-16(18)13(3)8-12(15)2/h11-16H,4-10,18H2,1-3H3,(H,19,20). The van der Waals surface area contributed by atoms with Crippen molar-refractivity contribution in [2.24, 2.45) is 35.3 Å². The molecule has 2 aliphatic rings. The fourth-order valence-corrected chi connectivity index (χ4v) is 4.11. The van der Waals surface area contributed by atoms with E-state index in [4.69, 9.17) is 5.73 Å². The van der Waals surface area contributed by atoms with Crippen LogP contribution >= 0.6 is 0 Å². The average Bonchev–Trinajstić information content (AvgIpc) is 2.41. The van der Waals surface area contributed by atoms with Crippen LogP contribution in [0.3, 0.4) is 0 Å². The number of hydrogen-bond acceptors (Lipinski definition) is 2. The zero-order valence-corrected chi connectivity index (χ0v) is 13.4. The van der Waals surface area contributed by atoms with Gasteiger partial charge in [-0.05, 0) is 42.9 Å². The topological polar surface area (TPSA) is 55.1 Å². The van der Waals surface area contributed by atoms with Gasteiger partial charge in [0.2, 0.25) is 5.91 Å². The number of nitrogens with one attached hydrogen (secondary N) is 1. The highest BCUT2D eigenvalue weighted by molar-refractivity contribution is 5.79. The molecule has 0 bridgehead atoms. The number of amides is 1. The third-order valence-corrected chi connectivity index (χ3v) is 5.85. The molecule has 6 unspecified atom stereocenters. The van der Waals surface area contributed by atoms with Crippen molar-refractivity contribution in [3.05, 3.63) is 0 Å². The van der Waals surface area contributed by atoms with E-state index < -0.39 is 0 Å². The first-order chi connectivity index (χ1) is 9.49. The Morgan fingerprint density at radius 3 is 2.45 bits per heavy atom. The first kappa shape index (κ1) is 15.8. The third-order valence-electron chi connectivity index (χ3n) is 5.85. The minimum Gasteiger partial charge on any atom is -0.356 e. The maximum atomic E-state index is 12.4. The number of rotatable bonds is 3. The molecule has 0 aromatic heterocycles. The lowest BCUT2D eigenvalue weighted by Crippen LogP contribution is -2.46. The van der Waals surface area contributed by atoms with Gasteiger partial charge >= 0.3 is 0 Å². The Balaban J connectivity index is 1.82. The van der Waals surface area contributed by atoms with Gasteiger partial charge in [-0.25, -0.2) is 0 Å². The molecule has 3 nitrogen and oxygen atoms in total. The van der Waals surface area contributed by atoms with Crippen molar-refractivity contribution >= 4 is 5.91 Å². The quantitative estimate of drug-likeness (QED) is 0.835. The number of nitrogens with two attached hydrogens (primary N) is 1. The van der Waals surface area contributed by atoms with E-state index in [1.807, 2.05) is 0 Å². The molecule has 2 aliphatic carbocycles. The van der Waals surface area contributed by atoms with E-state index in [1.165, 1.54) is 25.7 Å². The molecule has 20 heavy (non-hydrogen) atoms. The van der Waals surface area contributed by atoms with Crippen molar-refractivity contribution < 1.29 is 4.79 Å². The highest BCUT2D eigenvalue weighted by Crippen LogP contribution is 2.33. The van der Waals surface area contributed by atoms with Crippen LogP contribution in [0.25, 0.3) is 0 Å². The number of carbonyl (C=O) groups excluding carboxylic acids is 1. The predicted octanol–water partition coefficient (Wildman–Crippen LogP) is 2.94. The van der Waals surface area contributed by atoms with Gasteiger partial charge in [0.15, 0.2) is 0 Å². The molecule has 3 heteroatoms. The number of carbonyl (C=O) groups is 1. The molecule has 2 fully saturated rings. The van der Waals surface area contributed by atoms with Gasteiger partial charge in [-0.2, -0.15) is 0 Å². The van der Waals surface area contributed by atoms with Crippen LogP contribution in [0, 0.1) is 29.6 Å². The molecule has 2 saturated carbocycles. The molecule has 2 rings (SSSR count). The van der Waals surface area contributed by atoms with E-state index in [1.54, 1.807) is 0 Å². The zero-order valence-electron chi connectivity index (χ0n) is 13.4. The van der Waals surface area contributed by atoms with Crippen molar-refractivity contribution in [1.29, 1.82) is 0 Å². The third kappa shape index (κ3) is 3.75. The van der Waals surface area contributed by atoms with E-state index in [2.05, 4.69) is 26.1 Å². The van der Waals surface area contributed by atoms with Gasteiger partial charge in [-0.3, -0.25) is 4.79 Å². The molecule has 0 heterocycles. The molecule has 116 valence electrons. The molecule has 0 aromatic carbocycles. The second kappa shape index (κ2) is 6.93. The van der Waals surface area contributed by atoms with Gasteiger partial charge in [0.25, 0.3) is 0 Å². The largest absolute Gasteiger partial charge is 0.356 e. The molecular formula is C17H32N2O. The van der Waals surface area contributed by atoms with Crippen molar-refractivity contribution in [2.75, 3.05) is 6.54 Å². The first-order valence-electron chi connectivity index (χ1n) is 8.52. The summed E-state index contributed by atoms with van der Waals surface area (Å²) in [5.74, 6) is 2.83. The van der Waals surface area contributed by atoms with E-state index in [9.17, 15) is 4.79 Å². The first-order valence-corrected chi connectivity index (χ1v) is 8.52. The summed E-state index contributed by atoms with van der Waals surface area (Å²) in [5.41, 5.74) is 6.15. The Morgan fingerprint density at radius 2 is 1.75 bits per heavy atom. The van der Waals surface area contributed by atoms with Crippen LogP contribution in [0.15, 0.2) is 0 Å². The molecule has 0 aliphatic heterocycles. The summed E-state index contributed by atoms with van der Waals surface area (Å²) >= 11 is 0. The van der Waals surface area contributed by atoms with Crippen molar-refractivity contribution in [1.82, 2.24) is 5.32 Å². The minimum absolute atomic E-state index is 0.125. The Labute approximate surface area is 124 Å². The number of hydrogen-bond donors (Lipinski definition) is 2. The maximum absolute atomic E-state index is 12.4. The van der Waals surface area contributed by atoms with Crippen LogP contribution in [-0.2, 0) is 4.79 Å². The summed E-state index contributed by atoms with van der Waals surface area (Å²) < 4.78 is 0. The van der Waals surface area contributed by atoms with Crippen LogP contribution in [-0.4, -0.2) is 18.5 Å². The molecule has 1 amide bonds. The van der Waals surface area contributed by atoms with Gasteiger partial charge in [0.1, 0.15) is 0 Å². The van der Waals surface area contributed by atoms with Crippen LogP contribution < -0.4 is 11.1 Å². The van der Waals surface area contributed by atoms with Gasteiger partial charge in [0, 0.05) is 18.5 Å². The normalized spacial score (nSPS) is 42.2.